The quantitative estimate of drug-likeness (QED) is 0.191. The van der Waals surface area contributed by atoms with Gasteiger partial charge in [0.15, 0.2) is 5.69 Å². The second kappa shape index (κ2) is 6.79. The molecule has 174 valence electrons. The van der Waals surface area contributed by atoms with E-state index in [4.69, 9.17) is 6.57 Å². The van der Waals surface area contributed by atoms with Crippen molar-refractivity contribution in [2.75, 3.05) is 0 Å². The minimum absolute atomic E-state index is 0.456. The highest BCUT2D eigenvalue weighted by Crippen LogP contribution is 2.61. The molecule has 2 nitrogen and oxygen atoms in total. The zero-order valence-electron chi connectivity index (χ0n) is 20.4. The van der Waals surface area contributed by atoms with Crippen LogP contribution in [0.3, 0.4) is 0 Å². The molecule has 0 N–H and O–H groups in total. The number of para-hydroxylation sites is 2. The first-order chi connectivity index (χ1) is 18.8. The largest absolute Gasteiger partial charge is 0.309 e. The third-order valence-corrected chi connectivity index (χ3v) is 8.79. The highest BCUT2D eigenvalue weighted by atomic mass is 15.0. The van der Waals surface area contributed by atoms with Crippen LogP contribution in [0, 0.1) is 6.57 Å². The van der Waals surface area contributed by atoms with Gasteiger partial charge in [-0.3, -0.25) is 0 Å². The summed E-state index contributed by atoms with van der Waals surface area (Å²) in [5, 5.41) is 5.14. The van der Waals surface area contributed by atoms with Crippen LogP contribution >= 0.6 is 0 Å². The highest BCUT2D eigenvalue weighted by Gasteiger charge is 2.50. The first kappa shape index (κ1) is 20.0. The van der Waals surface area contributed by atoms with E-state index >= 15 is 0 Å². The molecule has 7 aromatic rings. The maximum atomic E-state index is 7.68. The fourth-order valence-corrected chi connectivity index (χ4v) is 7.44. The number of nitrogens with zero attached hydrogens (tertiary/aromatic N) is 2. The Morgan fingerprint density at radius 1 is 0.579 bits per heavy atom. The minimum atomic E-state index is -0.456. The highest BCUT2D eigenvalue weighted by molar-refractivity contribution is 6.22. The molecule has 1 aliphatic carbocycles. The molecule has 6 aromatic carbocycles. The Labute approximate surface area is 219 Å². The molecule has 2 aliphatic rings. The molecule has 0 radical (unpaired) electrons. The van der Waals surface area contributed by atoms with Crippen LogP contribution in [-0.2, 0) is 5.41 Å². The molecule has 38 heavy (non-hydrogen) atoms. The summed E-state index contributed by atoms with van der Waals surface area (Å²) in [6.45, 7) is 7.68. The lowest BCUT2D eigenvalue weighted by Gasteiger charge is -2.39. The average Bonchev–Trinajstić information content (AvgIpc) is 3.48. The zero-order chi connectivity index (χ0) is 25.0. The van der Waals surface area contributed by atoms with Gasteiger partial charge in [0, 0.05) is 10.8 Å². The van der Waals surface area contributed by atoms with E-state index in [1.54, 1.807) is 0 Å². The Hall–Kier alpha value is -5.13. The predicted octanol–water partition coefficient (Wildman–Crippen LogP) is 9.16. The van der Waals surface area contributed by atoms with Crippen LogP contribution in [0.1, 0.15) is 22.3 Å². The van der Waals surface area contributed by atoms with E-state index in [0.29, 0.717) is 5.69 Å². The van der Waals surface area contributed by atoms with Crippen LogP contribution < -0.4 is 0 Å². The number of rotatable bonds is 0. The topological polar surface area (TPSA) is 9.29 Å². The zero-order valence-corrected chi connectivity index (χ0v) is 20.4. The van der Waals surface area contributed by atoms with Crippen LogP contribution in [0.25, 0.3) is 54.2 Å². The Morgan fingerprint density at radius 2 is 1.32 bits per heavy atom. The van der Waals surface area contributed by atoms with Crippen molar-refractivity contribution in [3.63, 3.8) is 0 Å². The molecule has 0 saturated heterocycles. The van der Waals surface area contributed by atoms with Gasteiger partial charge in [0.05, 0.1) is 28.7 Å². The van der Waals surface area contributed by atoms with Gasteiger partial charge in [-0.2, -0.15) is 0 Å². The van der Waals surface area contributed by atoms with E-state index < -0.39 is 5.41 Å². The van der Waals surface area contributed by atoms with Gasteiger partial charge >= 0.3 is 0 Å². The first-order valence-corrected chi connectivity index (χ1v) is 13.0. The summed E-state index contributed by atoms with van der Waals surface area (Å²) in [6.07, 6.45) is 0. The van der Waals surface area contributed by atoms with E-state index in [9.17, 15) is 0 Å². The summed E-state index contributed by atoms with van der Waals surface area (Å²) >= 11 is 0. The predicted molar refractivity (Wildman–Crippen MR) is 155 cm³/mol. The smallest absolute Gasteiger partial charge is 0.187 e. The van der Waals surface area contributed by atoms with Crippen LogP contribution in [0.15, 0.2) is 121 Å². The monoisotopic (exact) mass is 480 g/mol. The summed E-state index contributed by atoms with van der Waals surface area (Å²) in [5.41, 5.74) is 11.5. The molecule has 1 unspecified atom stereocenters. The van der Waals surface area contributed by atoms with Crippen molar-refractivity contribution in [2.45, 2.75) is 5.41 Å². The molecular formula is C36H20N2. The van der Waals surface area contributed by atoms with Gasteiger partial charge in [-0.05, 0) is 62.4 Å². The molecule has 0 saturated carbocycles. The molecule has 2 heteroatoms. The summed E-state index contributed by atoms with van der Waals surface area (Å²) in [7, 11) is 0. The number of fused-ring (bicyclic) bond motifs is 14. The molecule has 0 amide bonds. The Balaban J connectivity index is 1.57. The maximum Gasteiger partial charge on any atom is 0.187 e. The summed E-state index contributed by atoms with van der Waals surface area (Å²) in [4.78, 5) is 3.78. The molecule has 1 aliphatic heterocycles. The molecule has 1 spiro atoms. The van der Waals surface area contributed by atoms with Crippen molar-refractivity contribution >= 4 is 38.3 Å². The lowest BCUT2D eigenvalue weighted by atomic mass is 9.65. The maximum absolute atomic E-state index is 7.68. The van der Waals surface area contributed by atoms with Crippen molar-refractivity contribution in [1.29, 1.82) is 0 Å². The fraction of sp³-hybridized carbons (Fsp3) is 0.0278. The third-order valence-electron chi connectivity index (χ3n) is 8.79. The van der Waals surface area contributed by atoms with E-state index in [1.807, 2.05) is 6.07 Å². The second-order valence-electron chi connectivity index (χ2n) is 10.4. The van der Waals surface area contributed by atoms with Crippen molar-refractivity contribution < 1.29 is 0 Å². The van der Waals surface area contributed by atoms with Crippen LogP contribution in [0.2, 0.25) is 0 Å². The Kier molecular flexibility index (Phi) is 3.57. The van der Waals surface area contributed by atoms with Crippen molar-refractivity contribution in [1.82, 2.24) is 4.57 Å². The minimum Gasteiger partial charge on any atom is -0.309 e. The molecule has 1 aromatic heterocycles. The SMILES string of the molecule is [C-]#[N+]c1ccc2c(c1)-c1ccccc1C21c2ccccc2-n2c3ccc4ccccc4c3c3cccc1c32. The lowest BCUT2D eigenvalue weighted by molar-refractivity contribution is 0.748. The lowest BCUT2D eigenvalue weighted by Crippen LogP contribution is -2.33. The van der Waals surface area contributed by atoms with E-state index in [2.05, 4.69) is 125 Å². The molecular weight excluding hydrogens is 460 g/mol. The second-order valence-corrected chi connectivity index (χ2v) is 10.4. The van der Waals surface area contributed by atoms with Gasteiger partial charge < -0.3 is 4.57 Å². The Morgan fingerprint density at radius 3 is 2.24 bits per heavy atom. The average molecular weight is 481 g/mol. The third kappa shape index (κ3) is 2.12. The van der Waals surface area contributed by atoms with Crippen molar-refractivity contribution in [3.05, 3.63) is 155 Å². The van der Waals surface area contributed by atoms with Gasteiger partial charge in [0.25, 0.3) is 0 Å². The van der Waals surface area contributed by atoms with Crippen molar-refractivity contribution in [2.24, 2.45) is 0 Å². The van der Waals surface area contributed by atoms with E-state index in [1.165, 1.54) is 66.1 Å². The Bertz CT molecular complexity index is 2210. The molecule has 1 atom stereocenters. The van der Waals surface area contributed by atoms with Crippen LogP contribution in [0.4, 0.5) is 5.69 Å². The standard InChI is InChI=1S/C36H20N2/c1-37-23-18-19-29-27(21-23)25-11-4-5-13-28(25)36(29)30-14-6-7-16-32(30)38-33-20-17-22-9-2-3-10-24(22)34(33)26-12-8-15-31(36)35(26)38/h2-21H. The normalized spacial score (nSPS) is 16.5. The number of hydrogen-bond acceptors (Lipinski definition) is 0. The van der Waals surface area contributed by atoms with E-state index in [-0.39, 0.29) is 0 Å². The van der Waals surface area contributed by atoms with Gasteiger partial charge in [0.2, 0.25) is 0 Å². The first-order valence-electron chi connectivity index (χ1n) is 13.0. The van der Waals surface area contributed by atoms with Crippen LogP contribution in [0.5, 0.6) is 0 Å². The molecule has 0 bridgehead atoms. The van der Waals surface area contributed by atoms with Gasteiger partial charge in [0.1, 0.15) is 0 Å². The van der Waals surface area contributed by atoms with Gasteiger partial charge in [-0.25, -0.2) is 4.85 Å². The summed E-state index contributed by atoms with van der Waals surface area (Å²) in [5.74, 6) is 0. The molecule has 9 rings (SSSR count). The van der Waals surface area contributed by atoms with Crippen molar-refractivity contribution in [3.8, 4) is 16.8 Å². The number of aromatic nitrogens is 1. The number of hydrogen-bond donors (Lipinski definition) is 0. The van der Waals surface area contributed by atoms with Gasteiger partial charge in [-0.1, -0.05) is 103 Å². The number of benzene rings is 6. The molecule has 0 fully saturated rings. The van der Waals surface area contributed by atoms with Gasteiger partial charge in [-0.15, -0.1) is 0 Å². The van der Waals surface area contributed by atoms with Crippen LogP contribution in [-0.4, -0.2) is 4.57 Å². The van der Waals surface area contributed by atoms with E-state index in [0.717, 1.165) is 5.56 Å². The summed E-state index contributed by atoms with van der Waals surface area (Å²) in [6, 6.07) is 44.0. The summed E-state index contributed by atoms with van der Waals surface area (Å²) < 4.78 is 2.49. The molecule has 2 heterocycles. The fourth-order valence-electron chi connectivity index (χ4n) is 7.44.